The van der Waals surface area contributed by atoms with Gasteiger partial charge in [-0.3, -0.25) is 4.98 Å². The molecule has 0 spiro atoms. The van der Waals surface area contributed by atoms with E-state index in [0.29, 0.717) is 24.7 Å². The molecular formula is C9H10N4O. The van der Waals surface area contributed by atoms with Crippen LogP contribution >= 0.6 is 0 Å². The van der Waals surface area contributed by atoms with Gasteiger partial charge in [-0.2, -0.15) is 4.98 Å². The number of pyridine rings is 1. The lowest BCUT2D eigenvalue weighted by atomic mass is 10.3. The minimum atomic E-state index is 0.510. The van der Waals surface area contributed by atoms with E-state index in [1.165, 1.54) is 0 Å². The lowest BCUT2D eigenvalue weighted by Gasteiger charge is -1.89. The van der Waals surface area contributed by atoms with Crippen molar-refractivity contribution >= 4 is 0 Å². The van der Waals surface area contributed by atoms with Gasteiger partial charge < -0.3 is 10.3 Å². The molecule has 0 bridgehead atoms. The molecule has 5 heteroatoms. The van der Waals surface area contributed by atoms with Crippen LogP contribution in [0.2, 0.25) is 0 Å². The topological polar surface area (TPSA) is 77.8 Å². The Bertz CT molecular complexity index is 398. The average molecular weight is 190 g/mol. The number of aromatic nitrogens is 3. The van der Waals surface area contributed by atoms with E-state index < -0.39 is 0 Å². The third-order valence-electron chi connectivity index (χ3n) is 1.76. The maximum absolute atomic E-state index is 5.38. The molecule has 14 heavy (non-hydrogen) atoms. The first-order valence-corrected chi connectivity index (χ1v) is 4.33. The van der Waals surface area contributed by atoms with Gasteiger partial charge in [0.15, 0.2) is 5.82 Å². The van der Waals surface area contributed by atoms with E-state index in [9.17, 15) is 0 Å². The summed E-state index contributed by atoms with van der Waals surface area (Å²) < 4.78 is 5.06. The van der Waals surface area contributed by atoms with Crippen LogP contribution in [0.25, 0.3) is 11.5 Å². The highest BCUT2D eigenvalue weighted by molar-refractivity contribution is 5.50. The Morgan fingerprint density at radius 2 is 2.07 bits per heavy atom. The van der Waals surface area contributed by atoms with Crippen molar-refractivity contribution in [2.75, 3.05) is 6.54 Å². The standard InChI is InChI=1S/C9H10N4O/c10-4-1-8-12-9(14-13-8)7-2-5-11-6-3-7/h2-3,5-6H,1,4,10H2. The lowest BCUT2D eigenvalue weighted by molar-refractivity contribution is 0.422. The van der Waals surface area contributed by atoms with Gasteiger partial charge in [-0.1, -0.05) is 5.16 Å². The molecule has 0 aliphatic heterocycles. The largest absolute Gasteiger partial charge is 0.334 e. The zero-order valence-electron chi connectivity index (χ0n) is 7.55. The first kappa shape index (κ1) is 8.83. The zero-order valence-corrected chi connectivity index (χ0v) is 7.55. The summed E-state index contributed by atoms with van der Waals surface area (Å²) in [7, 11) is 0. The van der Waals surface area contributed by atoms with Crippen LogP contribution in [-0.2, 0) is 6.42 Å². The van der Waals surface area contributed by atoms with Crippen LogP contribution in [0.5, 0.6) is 0 Å². The van der Waals surface area contributed by atoms with Crippen LogP contribution in [0.4, 0.5) is 0 Å². The van der Waals surface area contributed by atoms with Gasteiger partial charge in [-0.15, -0.1) is 0 Å². The fourth-order valence-corrected chi connectivity index (χ4v) is 1.10. The van der Waals surface area contributed by atoms with Gasteiger partial charge in [0.1, 0.15) is 0 Å². The van der Waals surface area contributed by atoms with E-state index in [-0.39, 0.29) is 0 Å². The summed E-state index contributed by atoms with van der Waals surface area (Å²) in [6.45, 7) is 0.523. The molecule has 0 aliphatic rings. The second-order valence-electron chi connectivity index (χ2n) is 2.79. The van der Waals surface area contributed by atoms with Crippen molar-refractivity contribution in [1.82, 2.24) is 15.1 Å². The highest BCUT2D eigenvalue weighted by atomic mass is 16.5. The third-order valence-corrected chi connectivity index (χ3v) is 1.76. The van der Waals surface area contributed by atoms with Crippen molar-refractivity contribution in [2.24, 2.45) is 5.73 Å². The van der Waals surface area contributed by atoms with E-state index in [0.717, 1.165) is 5.56 Å². The van der Waals surface area contributed by atoms with Gasteiger partial charge in [-0.05, 0) is 18.7 Å². The van der Waals surface area contributed by atoms with Gasteiger partial charge >= 0.3 is 0 Å². The molecule has 2 heterocycles. The Balaban J connectivity index is 2.25. The maximum Gasteiger partial charge on any atom is 0.258 e. The van der Waals surface area contributed by atoms with Crippen molar-refractivity contribution in [2.45, 2.75) is 6.42 Å². The van der Waals surface area contributed by atoms with Crippen LogP contribution in [0.1, 0.15) is 5.82 Å². The highest BCUT2D eigenvalue weighted by Crippen LogP contribution is 2.14. The van der Waals surface area contributed by atoms with Gasteiger partial charge in [0.05, 0.1) is 0 Å². The smallest absolute Gasteiger partial charge is 0.258 e. The normalized spacial score (nSPS) is 10.4. The van der Waals surface area contributed by atoms with Crippen LogP contribution in [-0.4, -0.2) is 21.7 Å². The van der Waals surface area contributed by atoms with E-state index in [1.807, 2.05) is 12.1 Å². The van der Waals surface area contributed by atoms with Crippen LogP contribution in [0.15, 0.2) is 29.0 Å². The molecule has 0 amide bonds. The van der Waals surface area contributed by atoms with Crippen molar-refractivity contribution < 1.29 is 4.52 Å². The molecular weight excluding hydrogens is 180 g/mol. The van der Waals surface area contributed by atoms with Gasteiger partial charge in [0.25, 0.3) is 5.89 Å². The Morgan fingerprint density at radius 1 is 1.29 bits per heavy atom. The molecule has 5 nitrogen and oxygen atoms in total. The first-order valence-electron chi connectivity index (χ1n) is 4.33. The van der Waals surface area contributed by atoms with E-state index in [4.69, 9.17) is 10.3 Å². The van der Waals surface area contributed by atoms with E-state index >= 15 is 0 Å². The minimum Gasteiger partial charge on any atom is -0.334 e. The monoisotopic (exact) mass is 190 g/mol. The summed E-state index contributed by atoms with van der Waals surface area (Å²) in [5.74, 6) is 1.15. The summed E-state index contributed by atoms with van der Waals surface area (Å²) in [6.07, 6.45) is 4.00. The fraction of sp³-hybridized carbons (Fsp3) is 0.222. The first-order chi connectivity index (χ1) is 6.90. The second-order valence-corrected chi connectivity index (χ2v) is 2.79. The Labute approximate surface area is 81.0 Å². The molecule has 2 N–H and O–H groups in total. The molecule has 0 unspecified atom stereocenters. The van der Waals surface area contributed by atoms with Crippen molar-refractivity contribution in [3.63, 3.8) is 0 Å². The lowest BCUT2D eigenvalue weighted by Crippen LogP contribution is -2.03. The van der Waals surface area contributed by atoms with Crippen molar-refractivity contribution in [3.8, 4) is 11.5 Å². The SMILES string of the molecule is NCCc1noc(-c2ccncc2)n1. The molecule has 0 aliphatic carbocycles. The van der Waals surface area contributed by atoms with Gasteiger partial charge in [-0.25, -0.2) is 0 Å². The number of hydrogen-bond donors (Lipinski definition) is 1. The summed E-state index contributed by atoms with van der Waals surface area (Å²) >= 11 is 0. The molecule has 0 aromatic carbocycles. The van der Waals surface area contributed by atoms with Gasteiger partial charge in [0, 0.05) is 24.4 Å². The summed E-state index contributed by atoms with van der Waals surface area (Å²) in [5, 5.41) is 3.80. The molecule has 2 aromatic heterocycles. The predicted octanol–water partition coefficient (Wildman–Crippen LogP) is 0.633. The highest BCUT2D eigenvalue weighted by Gasteiger charge is 2.06. The predicted molar refractivity (Wildman–Crippen MR) is 50.3 cm³/mol. The number of rotatable bonds is 3. The van der Waals surface area contributed by atoms with Crippen LogP contribution in [0.3, 0.4) is 0 Å². The summed E-state index contributed by atoms with van der Waals surface area (Å²) in [5.41, 5.74) is 6.25. The Hall–Kier alpha value is -1.75. The molecule has 72 valence electrons. The molecule has 2 rings (SSSR count). The third kappa shape index (κ3) is 1.77. The second kappa shape index (κ2) is 3.97. The quantitative estimate of drug-likeness (QED) is 0.768. The zero-order chi connectivity index (χ0) is 9.80. The number of nitrogens with zero attached hydrogens (tertiary/aromatic N) is 3. The number of nitrogens with two attached hydrogens (primary N) is 1. The molecule has 0 saturated carbocycles. The van der Waals surface area contributed by atoms with Crippen LogP contribution in [0, 0.1) is 0 Å². The minimum absolute atomic E-state index is 0.510. The van der Waals surface area contributed by atoms with Gasteiger partial charge in [0.2, 0.25) is 0 Å². The van der Waals surface area contributed by atoms with Crippen LogP contribution < -0.4 is 5.73 Å². The summed E-state index contributed by atoms with van der Waals surface area (Å²) in [6, 6.07) is 3.64. The number of hydrogen-bond acceptors (Lipinski definition) is 5. The maximum atomic E-state index is 5.38. The Kier molecular flexibility index (Phi) is 2.51. The molecule has 0 atom stereocenters. The Morgan fingerprint density at radius 3 is 2.79 bits per heavy atom. The molecule has 0 fully saturated rings. The van der Waals surface area contributed by atoms with Crippen molar-refractivity contribution in [3.05, 3.63) is 30.4 Å². The van der Waals surface area contributed by atoms with E-state index in [2.05, 4.69) is 15.1 Å². The molecule has 0 saturated heterocycles. The molecule has 2 aromatic rings. The van der Waals surface area contributed by atoms with Crippen molar-refractivity contribution in [1.29, 1.82) is 0 Å². The van der Waals surface area contributed by atoms with E-state index in [1.54, 1.807) is 12.4 Å². The fourth-order valence-electron chi connectivity index (χ4n) is 1.10. The summed E-state index contributed by atoms with van der Waals surface area (Å²) in [4.78, 5) is 8.09. The molecule has 0 radical (unpaired) electrons. The average Bonchev–Trinajstić information content (AvgIpc) is 2.68.